The normalized spacial score (nSPS) is 11.2. The predicted octanol–water partition coefficient (Wildman–Crippen LogP) is 7.23. The van der Waals surface area contributed by atoms with Gasteiger partial charge in [0.1, 0.15) is 0 Å². The van der Waals surface area contributed by atoms with E-state index in [0.29, 0.717) is 27.0 Å². The second-order valence-electron chi connectivity index (χ2n) is 7.51. The van der Waals surface area contributed by atoms with Crippen LogP contribution in [-0.4, -0.2) is 15.8 Å². The number of anilines is 1. The number of nitrogens with zero attached hydrogens (tertiary/aromatic N) is 3. The van der Waals surface area contributed by atoms with E-state index in [9.17, 15) is 14.9 Å². The third kappa shape index (κ3) is 4.08. The number of hydrogen-bond acceptors (Lipinski definition) is 6. The molecule has 0 unspecified atom stereocenters. The minimum atomic E-state index is -0.437. The van der Waals surface area contributed by atoms with Crippen molar-refractivity contribution in [1.29, 1.82) is 0 Å². The SMILES string of the molecule is Cc1ccc(Cl)c2sc(N(Cc3ccccc3)C(=O)c3cc4cc([N+](=O)[O-])ccc4s3)nc12. The van der Waals surface area contributed by atoms with Crippen LogP contribution in [0.4, 0.5) is 10.8 Å². The van der Waals surface area contributed by atoms with Gasteiger partial charge in [-0.3, -0.25) is 19.8 Å². The lowest BCUT2D eigenvalue weighted by atomic mass is 10.2. The van der Waals surface area contributed by atoms with Crippen molar-refractivity contribution in [2.45, 2.75) is 13.5 Å². The molecule has 0 bridgehead atoms. The molecule has 0 fully saturated rings. The molecule has 164 valence electrons. The van der Waals surface area contributed by atoms with Gasteiger partial charge in [-0.05, 0) is 36.2 Å². The van der Waals surface area contributed by atoms with Crippen LogP contribution in [0.3, 0.4) is 0 Å². The summed E-state index contributed by atoms with van der Waals surface area (Å²) in [5.41, 5.74) is 2.72. The molecule has 2 heterocycles. The van der Waals surface area contributed by atoms with Crippen LogP contribution in [0, 0.1) is 17.0 Å². The zero-order chi connectivity index (χ0) is 23.1. The van der Waals surface area contributed by atoms with Crippen LogP contribution in [0.2, 0.25) is 5.02 Å². The van der Waals surface area contributed by atoms with E-state index >= 15 is 0 Å². The van der Waals surface area contributed by atoms with E-state index < -0.39 is 4.92 Å². The highest BCUT2D eigenvalue weighted by molar-refractivity contribution is 7.23. The Bertz CT molecular complexity index is 1490. The number of nitro groups is 1. The van der Waals surface area contributed by atoms with Gasteiger partial charge < -0.3 is 0 Å². The van der Waals surface area contributed by atoms with E-state index in [2.05, 4.69) is 0 Å². The molecule has 1 amide bonds. The minimum absolute atomic E-state index is 0.00303. The van der Waals surface area contributed by atoms with Crippen molar-refractivity contribution in [3.8, 4) is 0 Å². The number of aromatic nitrogens is 1. The maximum absolute atomic E-state index is 13.7. The summed E-state index contributed by atoms with van der Waals surface area (Å²) in [6.45, 7) is 2.30. The number of hydrogen-bond donors (Lipinski definition) is 0. The number of carbonyl (C=O) groups excluding carboxylic acids is 1. The van der Waals surface area contributed by atoms with Gasteiger partial charge in [0.15, 0.2) is 5.13 Å². The van der Waals surface area contributed by atoms with Gasteiger partial charge in [-0.2, -0.15) is 0 Å². The van der Waals surface area contributed by atoms with Crippen LogP contribution in [0.1, 0.15) is 20.8 Å². The summed E-state index contributed by atoms with van der Waals surface area (Å²) in [6, 6.07) is 19.8. The first-order valence-electron chi connectivity index (χ1n) is 10.00. The Kier molecular flexibility index (Phi) is 5.57. The number of fused-ring (bicyclic) bond motifs is 2. The molecule has 6 nitrogen and oxygen atoms in total. The summed E-state index contributed by atoms with van der Waals surface area (Å²) in [7, 11) is 0. The number of nitro benzene ring substituents is 1. The Hall–Kier alpha value is -3.33. The lowest BCUT2D eigenvalue weighted by Crippen LogP contribution is -2.29. The number of thiazole rings is 1. The van der Waals surface area contributed by atoms with E-state index in [-0.39, 0.29) is 11.6 Å². The summed E-state index contributed by atoms with van der Waals surface area (Å²) in [5.74, 6) is -0.212. The Morgan fingerprint density at radius 3 is 2.61 bits per heavy atom. The summed E-state index contributed by atoms with van der Waals surface area (Å²) < 4.78 is 1.65. The Morgan fingerprint density at radius 2 is 1.88 bits per heavy atom. The van der Waals surface area contributed by atoms with Gasteiger partial charge in [-0.15, -0.1) is 11.3 Å². The first-order chi connectivity index (χ1) is 15.9. The third-order valence-corrected chi connectivity index (χ3v) is 7.91. The lowest BCUT2D eigenvalue weighted by Gasteiger charge is -2.19. The molecule has 33 heavy (non-hydrogen) atoms. The lowest BCUT2D eigenvalue weighted by molar-refractivity contribution is -0.384. The van der Waals surface area contributed by atoms with E-state index in [0.717, 1.165) is 26.0 Å². The molecule has 0 spiro atoms. The zero-order valence-corrected chi connectivity index (χ0v) is 19.7. The van der Waals surface area contributed by atoms with Gasteiger partial charge in [-0.1, -0.05) is 59.3 Å². The Morgan fingerprint density at radius 1 is 1.09 bits per heavy atom. The monoisotopic (exact) mass is 493 g/mol. The van der Waals surface area contributed by atoms with E-state index in [1.807, 2.05) is 49.4 Å². The molecule has 2 aromatic heterocycles. The maximum atomic E-state index is 13.7. The Balaban J connectivity index is 1.60. The van der Waals surface area contributed by atoms with Crippen molar-refractivity contribution >= 4 is 71.3 Å². The molecule has 3 aromatic carbocycles. The van der Waals surface area contributed by atoms with Gasteiger partial charge >= 0.3 is 0 Å². The molecule has 0 aliphatic heterocycles. The Labute approximate surface area is 201 Å². The number of benzene rings is 3. The fourth-order valence-electron chi connectivity index (χ4n) is 3.58. The maximum Gasteiger partial charge on any atom is 0.270 e. The number of thiophene rings is 1. The van der Waals surface area contributed by atoms with Crippen molar-refractivity contribution in [3.05, 3.63) is 97.9 Å². The summed E-state index contributed by atoms with van der Waals surface area (Å²) in [5, 5.41) is 13.0. The van der Waals surface area contributed by atoms with E-state index in [1.165, 1.54) is 34.8 Å². The highest BCUT2D eigenvalue weighted by Crippen LogP contribution is 2.38. The molecule has 0 N–H and O–H groups in total. The van der Waals surface area contributed by atoms with Crippen molar-refractivity contribution in [2.24, 2.45) is 0 Å². The van der Waals surface area contributed by atoms with Crippen LogP contribution in [-0.2, 0) is 6.54 Å². The number of rotatable bonds is 5. The van der Waals surface area contributed by atoms with Crippen molar-refractivity contribution in [2.75, 3.05) is 4.90 Å². The van der Waals surface area contributed by atoms with Crippen LogP contribution in [0.15, 0.2) is 66.7 Å². The van der Waals surface area contributed by atoms with Gasteiger partial charge in [0.2, 0.25) is 0 Å². The molecule has 0 aliphatic rings. The first-order valence-corrected chi connectivity index (χ1v) is 12.0. The molecule has 0 saturated carbocycles. The molecular weight excluding hydrogens is 478 g/mol. The first kappa shape index (κ1) is 21.5. The number of non-ortho nitro benzene ring substituents is 1. The number of aryl methyl sites for hydroxylation is 1. The van der Waals surface area contributed by atoms with Crippen LogP contribution >= 0.6 is 34.3 Å². The molecule has 0 aliphatic carbocycles. The molecular formula is C24H16ClN3O3S2. The molecule has 0 radical (unpaired) electrons. The topological polar surface area (TPSA) is 76.3 Å². The second kappa shape index (κ2) is 8.55. The second-order valence-corrected chi connectivity index (χ2v) is 9.97. The standard InChI is InChI=1S/C24H16ClN3O3S2/c1-14-7-9-18(25)22-21(14)26-24(33-22)27(13-15-5-3-2-4-6-15)23(29)20-12-16-11-17(28(30)31)8-10-19(16)32-20/h2-12H,13H2,1H3. The summed E-state index contributed by atoms with van der Waals surface area (Å²) in [6.07, 6.45) is 0. The zero-order valence-electron chi connectivity index (χ0n) is 17.3. The molecule has 5 rings (SSSR count). The van der Waals surface area contributed by atoms with E-state index in [4.69, 9.17) is 16.6 Å². The average molecular weight is 494 g/mol. The number of amides is 1. The molecule has 0 saturated heterocycles. The number of halogens is 1. The van der Waals surface area contributed by atoms with Gasteiger partial charge in [0, 0.05) is 22.2 Å². The highest BCUT2D eigenvalue weighted by Gasteiger charge is 2.25. The van der Waals surface area contributed by atoms with E-state index in [1.54, 1.807) is 17.0 Å². The molecule has 5 aromatic rings. The summed E-state index contributed by atoms with van der Waals surface area (Å²) in [4.78, 5) is 31.3. The average Bonchev–Trinajstić information content (AvgIpc) is 3.45. The summed E-state index contributed by atoms with van der Waals surface area (Å²) >= 11 is 9.10. The number of carbonyl (C=O) groups is 1. The minimum Gasteiger partial charge on any atom is -0.279 e. The van der Waals surface area contributed by atoms with Crippen molar-refractivity contribution in [1.82, 2.24) is 4.98 Å². The largest absolute Gasteiger partial charge is 0.279 e. The molecule has 0 atom stereocenters. The van der Waals surface area contributed by atoms with Crippen LogP contribution in [0.25, 0.3) is 20.3 Å². The quantitative estimate of drug-likeness (QED) is 0.191. The highest BCUT2D eigenvalue weighted by atomic mass is 35.5. The van der Waals surface area contributed by atoms with Crippen molar-refractivity contribution in [3.63, 3.8) is 0 Å². The van der Waals surface area contributed by atoms with Crippen molar-refractivity contribution < 1.29 is 9.72 Å². The van der Waals surface area contributed by atoms with Crippen LogP contribution in [0.5, 0.6) is 0 Å². The van der Waals surface area contributed by atoms with Gasteiger partial charge in [0.05, 0.1) is 31.6 Å². The van der Waals surface area contributed by atoms with Gasteiger partial charge in [-0.25, -0.2) is 4.98 Å². The van der Waals surface area contributed by atoms with Gasteiger partial charge in [0.25, 0.3) is 11.6 Å². The third-order valence-electron chi connectivity index (χ3n) is 5.27. The fraction of sp³-hybridized carbons (Fsp3) is 0.0833. The van der Waals surface area contributed by atoms with Crippen LogP contribution < -0.4 is 4.90 Å². The smallest absolute Gasteiger partial charge is 0.270 e. The fourth-order valence-corrected chi connectivity index (χ4v) is 5.89. The molecule has 9 heteroatoms. The predicted molar refractivity (Wildman–Crippen MR) is 135 cm³/mol.